The van der Waals surface area contributed by atoms with E-state index in [1.165, 1.54) is 17.8 Å². The number of hydrogen-bond donors (Lipinski definition) is 2. The number of hydrogen-bond acceptors (Lipinski definition) is 6. The number of aryl methyl sites for hydroxylation is 1. The zero-order valence-electron chi connectivity index (χ0n) is 19.5. The van der Waals surface area contributed by atoms with Crippen LogP contribution in [0.1, 0.15) is 29.0 Å². The lowest BCUT2D eigenvalue weighted by Crippen LogP contribution is -2.41. The summed E-state index contributed by atoms with van der Waals surface area (Å²) >= 11 is 1.48. The lowest BCUT2D eigenvalue weighted by Gasteiger charge is -2.17. The van der Waals surface area contributed by atoms with E-state index in [0.717, 1.165) is 22.3 Å². The molecule has 1 amide bonds. The molecular weight excluding hydrogens is 480 g/mol. The highest BCUT2D eigenvalue weighted by atomic mass is 32.2. The maximum Gasteiger partial charge on any atom is 0.407 e. The van der Waals surface area contributed by atoms with Crippen LogP contribution in [0.2, 0.25) is 0 Å². The highest BCUT2D eigenvalue weighted by molar-refractivity contribution is 7.99. The number of nitro groups is 1. The molecule has 8 nitrogen and oxygen atoms in total. The average Bonchev–Trinajstić information content (AvgIpc) is 3.20. The summed E-state index contributed by atoms with van der Waals surface area (Å²) in [5.41, 5.74) is 5.11. The molecule has 36 heavy (non-hydrogen) atoms. The number of nitrogens with zero attached hydrogens (tertiary/aromatic N) is 1. The van der Waals surface area contributed by atoms with E-state index in [1.807, 2.05) is 48.5 Å². The third-order valence-electron chi connectivity index (χ3n) is 6.19. The molecule has 2 N–H and O–H groups in total. The summed E-state index contributed by atoms with van der Waals surface area (Å²) in [6.07, 6.45) is -0.0605. The molecule has 9 heteroatoms. The van der Waals surface area contributed by atoms with Crippen LogP contribution in [0.15, 0.2) is 72.8 Å². The van der Waals surface area contributed by atoms with Gasteiger partial charge in [0.25, 0.3) is 5.69 Å². The second-order valence-electron chi connectivity index (χ2n) is 8.40. The van der Waals surface area contributed by atoms with Crippen molar-refractivity contribution in [3.05, 3.63) is 99.6 Å². The number of amides is 1. The van der Waals surface area contributed by atoms with Gasteiger partial charge in [-0.15, -0.1) is 0 Å². The Labute approximate surface area is 212 Å². The maximum absolute atomic E-state index is 12.4. The first-order valence-corrected chi connectivity index (χ1v) is 12.8. The van der Waals surface area contributed by atoms with Crippen LogP contribution in [0.5, 0.6) is 0 Å². The Kier molecular flexibility index (Phi) is 8.22. The largest absolute Gasteiger partial charge is 0.480 e. The smallest absolute Gasteiger partial charge is 0.407 e. The Bertz CT molecular complexity index is 1220. The number of alkyl carbamates (subject to hydrolysis) is 1. The molecule has 3 aromatic carbocycles. The number of nitro benzene ring substituents is 1. The summed E-state index contributed by atoms with van der Waals surface area (Å²) in [6, 6.07) is 21.5. The molecule has 1 aliphatic carbocycles. The van der Waals surface area contributed by atoms with Crippen molar-refractivity contribution >= 4 is 29.5 Å². The fraction of sp³-hybridized carbons (Fsp3) is 0.259. The number of carbonyl (C=O) groups is 2. The van der Waals surface area contributed by atoms with Crippen LogP contribution in [0.3, 0.4) is 0 Å². The molecular formula is C27H26N2O6S. The van der Waals surface area contributed by atoms with Crippen LogP contribution in [-0.2, 0) is 16.0 Å². The van der Waals surface area contributed by atoms with Crippen molar-refractivity contribution in [2.45, 2.75) is 24.8 Å². The number of ether oxygens (including phenoxy) is 1. The molecule has 3 aromatic rings. The van der Waals surface area contributed by atoms with E-state index in [9.17, 15) is 24.8 Å². The van der Waals surface area contributed by atoms with E-state index < -0.39 is 23.0 Å². The fourth-order valence-electron chi connectivity index (χ4n) is 4.43. The van der Waals surface area contributed by atoms with Gasteiger partial charge in [-0.2, -0.15) is 11.8 Å². The van der Waals surface area contributed by atoms with Crippen LogP contribution in [0.4, 0.5) is 10.5 Å². The molecule has 1 unspecified atom stereocenters. The molecule has 1 atom stereocenters. The van der Waals surface area contributed by atoms with Crippen molar-refractivity contribution in [3.63, 3.8) is 0 Å². The summed E-state index contributed by atoms with van der Waals surface area (Å²) in [7, 11) is 0. The minimum atomic E-state index is -1.14. The van der Waals surface area contributed by atoms with E-state index in [1.54, 1.807) is 18.2 Å². The summed E-state index contributed by atoms with van der Waals surface area (Å²) in [6.45, 7) is 0.108. The number of thioether (sulfide) groups is 1. The summed E-state index contributed by atoms with van der Waals surface area (Å²) in [5.74, 6) is -0.171. The van der Waals surface area contributed by atoms with Crippen LogP contribution in [0.25, 0.3) is 11.1 Å². The molecule has 0 bridgehead atoms. The minimum Gasteiger partial charge on any atom is -0.480 e. The van der Waals surface area contributed by atoms with Gasteiger partial charge in [0.2, 0.25) is 0 Å². The molecule has 0 radical (unpaired) electrons. The van der Waals surface area contributed by atoms with E-state index in [-0.39, 0.29) is 24.6 Å². The quantitative estimate of drug-likeness (QED) is 0.207. The number of carboxylic acid groups (broad SMARTS) is 1. The molecule has 0 aliphatic heterocycles. The highest BCUT2D eigenvalue weighted by Crippen LogP contribution is 2.44. The zero-order chi connectivity index (χ0) is 25.5. The lowest BCUT2D eigenvalue weighted by atomic mass is 9.98. The first-order chi connectivity index (χ1) is 17.5. The first kappa shape index (κ1) is 25.2. The Morgan fingerprint density at radius 3 is 2.22 bits per heavy atom. The number of nitrogens with one attached hydrogen (secondary N) is 1. The van der Waals surface area contributed by atoms with E-state index in [2.05, 4.69) is 5.32 Å². The first-order valence-electron chi connectivity index (χ1n) is 11.6. The van der Waals surface area contributed by atoms with Gasteiger partial charge in [-0.25, -0.2) is 9.59 Å². The monoisotopic (exact) mass is 506 g/mol. The lowest BCUT2D eigenvalue weighted by molar-refractivity contribution is -0.385. The van der Waals surface area contributed by atoms with Gasteiger partial charge in [0.15, 0.2) is 0 Å². The van der Waals surface area contributed by atoms with Crippen molar-refractivity contribution < 1.29 is 24.4 Å². The van der Waals surface area contributed by atoms with Gasteiger partial charge >= 0.3 is 12.1 Å². The van der Waals surface area contributed by atoms with Gasteiger partial charge in [0.05, 0.1) is 4.92 Å². The fourth-order valence-corrected chi connectivity index (χ4v) is 5.40. The number of carboxylic acids is 1. The van der Waals surface area contributed by atoms with Crippen molar-refractivity contribution in [1.29, 1.82) is 0 Å². The van der Waals surface area contributed by atoms with Gasteiger partial charge < -0.3 is 15.2 Å². The number of carbonyl (C=O) groups excluding carboxylic acids is 1. The highest BCUT2D eigenvalue weighted by Gasteiger charge is 2.29. The van der Waals surface area contributed by atoms with Crippen molar-refractivity contribution in [1.82, 2.24) is 5.32 Å². The molecule has 0 spiro atoms. The molecule has 1 aliphatic rings. The Hall–Kier alpha value is -3.85. The number of aliphatic carboxylic acids is 1. The van der Waals surface area contributed by atoms with Crippen LogP contribution in [0, 0.1) is 10.1 Å². The molecule has 0 saturated heterocycles. The molecule has 0 saturated carbocycles. The molecule has 0 heterocycles. The number of fused-ring (bicyclic) bond motifs is 3. The second kappa shape index (κ2) is 11.7. The Balaban J connectivity index is 1.26. The van der Waals surface area contributed by atoms with Gasteiger partial charge in [-0.1, -0.05) is 66.7 Å². The third kappa shape index (κ3) is 5.85. The number of para-hydroxylation sites is 1. The molecule has 0 aromatic heterocycles. The zero-order valence-corrected chi connectivity index (χ0v) is 20.3. The van der Waals surface area contributed by atoms with Crippen LogP contribution < -0.4 is 5.32 Å². The van der Waals surface area contributed by atoms with Crippen LogP contribution in [-0.4, -0.2) is 46.2 Å². The van der Waals surface area contributed by atoms with Gasteiger partial charge in [-0.3, -0.25) is 10.1 Å². The van der Waals surface area contributed by atoms with Crippen molar-refractivity contribution in [2.75, 3.05) is 18.1 Å². The van der Waals surface area contributed by atoms with E-state index in [4.69, 9.17) is 4.74 Å². The predicted octanol–water partition coefficient (Wildman–Crippen LogP) is 5.25. The summed E-state index contributed by atoms with van der Waals surface area (Å²) in [5, 5.41) is 23.1. The van der Waals surface area contributed by atoms with Gasteiger partial charge in [-0.05, 0) is 46.6 Å². The SMILES string of the molecule is O=C(NC(CCSCCc1ccccc1[N+](=O)[O-])C(=O)O)OCC1c2ccccc2-c2ccccc21. The van der Waals surface area contributed by atoms with Gasteiger partial charge in [0, 0.05) is 17.5 Å². The van der Waals surface area contributed by atoms with E-state index in [0.29, 0.717) is 23.5 Å². The van der Waals surface area contributed by atoms with Crippen molar-refractivity contribution in [3.8, 4) is 11.1 Å². The second-order valence-corrected chi connectivity index (χ2v) is 9.62. The maximum atomic E-state index is 12.4. The van der Waals surface area contributed by atoms with E-state index >= 15 is 0 Å². The molecule has 0 fully saturated rings. The van der Waals surface area contributed by atoms with Gasteiger partial charge in [0.1, 0.15) is 12.6 Å². The molecule has 186 valence electrons. The van der Waals surface area contributed by atoms with Crippen LogP contribution >= 0.6 is 11.8 Å². The standard InChI is InChI=1S/C27H26N2O6S/c30-26(31)24(14-16-36-15-13-18-7-1-6-12-25(18)29(33)34)28-27(32)35-17-23-21-10-4-2-8-19(21)20-9-3-5-11-22(20)23/h1-12,23-24H,13-17H2,(H,28,32)(H,30,31). The summed E-state index contributed by atoms with van der Waals surface area (Å²) < 4.78 is 5.46. The minimum absolute atomic E-state index is 0.0819. The predicted molar refractivity (Wildman–Crippen MR) is 138 cm³/mol. The topological polar surface area (TPSA) is 119 Å². The number of rotatable bonds is 11. The molecule has 4 rings (SSSR count). The third-order valence-corrected chi connectivity index (χ3v) is 7.21. The normalized spacial score (nSPS) is 12.9. The Morgan fingerprint density at radius 2 is 1.58 bits per heavy atom. The van der Waals surface area contributed by atoms with Crippen molar-refractivity contribution in [2.24, 2.45) is 0 Å². The average molecular weight is 507 g/mol. The summed E-state index contributed by atoms with van der Waals surface area (Å²) in [4.78, 5) is 34.8. The Morgan fingerprint density at radius 1 is 0.972 bits per heavy atom. The number of benzene rings is 3.